The first kappa shape index (κ1) is 23.2. The number of hydrogen-bond donors (Lipinski definition) is 3. The van der Waals surface area contributed by atoms with Gasteiger partial charge >= 0.3 is 0 Å². The van der Waals surface area contributed by atoms with Crippen molar-refractivity contribution in [2.45, 2.75) is 64.1 Å². The molecule has 1 heterocycles. The number of halogens is 1. The van der Waals surface area contributed by atoms with Gasteiger partial charge in [-0.3, -0.25) is 4.99 Å². The van der Waals surface area contributed by atoms with E-state index in [1.165, 1.54) is 5.56 Å². The summed E-state index contributed by atoms with van der Waals surface area (Å²) in [4.78, 5) is 4.61. The summed E-state index contributed by atoms with van der Waals surface area (Å²) in [6.07, 6.45) is 4.52. The summed E-state index contributed by atoms with van der Waals surface area (Å²) in [5, 5.41) is 6.99. The van der Waals surface area contributed by atoms with Crippen LogP contribution in [0.3, 0.4) is 0 Å². The quantitative estimate of drug-likeness (QED) is 0.291. The Balaban J connectivity index is 0.00000338. The van der Waals surface area contributed by atoms with Crippen molar-refractivity contribution in [2.24, 2.45) is 10.7 Å². The molecule has 2 rings (SSSR count). The van der Waals surface area contributed by atoms with Gasteiger partial charge in [0.2, 0.25) is 0 Å². The maximum atomic E-state index is 6.07. The largest absolute Gasteiger partial charge is 0.376 e. The molecule has 1 aromatic carbocycles. The average Bonchev–Trinajstić information content (AvgIpc) is 3.17. The molecule has 0 amide bonds. The summed E-state index contributed by atoms with van der Waals surface area (Å²) in [6, 6.07) is 10.8. The Hall–Kier alpha value is -0.860. The van der Waals surface area contributed by atoms with Gasteiger partial charge in [-0.15, -0.1) is 24.0 Å². The van der Waals surface area contributed by atoms with E-state index in [1.54, 1.807) is 0 Å². The smallest absolute Gasteiger partial charge is 0.188 e. The Labute approximate surface area is 175 Å². The van der Waals surface area contributed by atoms with Crippen LogP contribution in [0.4, 0.5) is 0 Å². The van der Waals surface area contributed by atoms with E-state index in [0.29, 0.717) is 12.5 Å². The van der Waals surface area contributed by atoms with Crippen molar-refractivity contribution in [2.75, 3.05) is 19.7 Å². The third kappa shape index (κ3) is 7.04. The maximum absolute atomic E-state index is 6.07. The van der Waals surface area contributed by atoms with E-state index in [-0.39, 0.29) is 41.7 Å². The Bertz CT molecular complexity index is 528. The predicted octanol–water partition coefficient (Wildman–Crippen LogP) is 3.60. The molecule has 26 heavy (non-hydrogen) atoms. The van der Waals surface area contributed by atoms with Gasteiger partial charge in [0.15, 0.2) is 5.96 Å². The van der Waals surface area contributed by atoms with Gasteiger partial charge in [0.05, 0.1) is 12.6 Å². The molecule has 4 N–H and O–H groups in total. The highest BCUT2D eigenvalue weighted by Crippen LogP contribution is 2.22. The highest BCUT2D eigenvalue weighted by molar-refractivity contribution is 14.0. The van der Waals surface area contributed by atoms with E-state index in [4.69, 9.17) is 10.5 Å². The van der Waals surface area contributed by atoms with Gasteiger partial charge in [-0.25, -0.2) is 0 Å². The molecule has 0 aromatic heterocycles. The lowest BCUT2D eigenvalue weighted by molar-refractivity contribution is 0.114. The van der Waals surface area contributed by atoms with Crippen LogP contribution in [0.1, 0.15) is 58.1 Å². The molecule has 0 spiro atoms. The number of hydrogen-bond acceptors (Lipinski definition) is 3. The van der Waals surface area contributed by atoms with Crippen molar-refractivity contribution in [3.05, 3.63) is 35.9 Å². The lowest BCUT2D eigenvalue weighted by atomic mass is 9.91. The zero-order valence-electron chi connectivity index (χ0n) is 16.3. The number of nitrogens with one attached hydrogen (secondary N) is 2. The molecule has 0 radical (unpaired) electrons. The first-order chi connectivity index (χ1) is 12.1. The van der Waals surface area contributed by atoms with Gasteiger partial charge < -0.3 is 21.1 Å². The first-order valence-electron chi connectivity index (χ1n) is 9.56. The molecule has 148 valence electrons. The van der Waals surface area contributed by atoms with Crippen LogP contribution in [0.2, 0.25) is 0 Å². The van der Waals surface area contributed by atoms with Gasteiger partial charge in [0.25, 0.3) is 0 Å². The molecule has 2 atom stereocenters. The molecule has 1 fully saturated rings. The summed E-state index contributed by atoms with van der Waals surface area (Å²) in [6.45, 7) is 8.90. The van der Waals surface area contributed by atoms with Gasteiger partial charge in [0, 0.05) is 24.7 Å². The van der Waals surface area contributed by atoms with E-state index in [0.717, 1.165) is 38.8 Å². The van der Waals surface area contributed by atoms with Crippen LogP contribution in [0.15, 0.2) is 35.3 Å². The third-order valence-electron chi connectivity index (χ3n) is 5.26. The van der Waals surface area contributed by atoms with Crippen LogP contribution in [0.25, 0.3) is 0 Å². The van der Waals surface area contributed by atoms with Crippen molar-refractivity contribution < 1.29 is 4.74 Å². The number of ether oxygens (including phenoxy) is 1. The molecule has 1 aliphatic heterocycles. The van der Waals surface area contributed by atoms with Crippen LogP contribution in [0, 0.1) is 0 Å². The Morgan fingerprint density at radius 2 is 2.00 bits per heavy atom. The molecule has 0 bridgehead atoms. The molecule has 1 aliphatic rings. The zero-order valence-corrected chi connectivity index (χ0v) is 18.7. The minimum Gasteiger partial charge on any atom is -0.376 e. The number of nitrogens with zero attached hydrogens (tertiary/aromatic N) is 1. The fraction of sp³-hybridized carbons (Fsp3) is 0.650. The van der Waals surface area contributed by atoms with E-state index in [9.17, 15) is 0 Å². The number of rotatable bonds is 9. The molecular formula is C20H35IN4O. The minimum absolute atomic E-state index is 0. The second-order valence-corrected chi connectivity index (χ2v) is 6.98. The minimum atomic E-state index is -0.0502. The van der Waals surface area contributed by atoms with Crippen LogP contribution in [-0.4, -0.2) is 37.3 Å². The van der Waals surface area contributed by atoms with E-state index in [2.05, 4.69) is 60.7 Å². The second-order valence-electron chi connectivity index (χ2n) is 6.98. The topological polar surface area (TPSA) is 71.7 Å². The van der Waals surface area contributed by atoms with Crippen molar-refractivity contribution in [3.63, 3.8) is 0 Å². The fourth-order valence-corrected chi connectivity index (χ4v) is 3.32. The lowest BCUT2D eigenvalue weighted by Crippen LogP contribution is -2.49. The van der Waals surface area contributed by atoms with Crippen LogP contribution >= 0.6 is 24.0 Å². The van der Waals surface area contributed by atoms with Crippen LogP contribution in [-0.2, 0) is 4.74 Å². The second kappa shape index (κ2) is 11.8. The lowest BCUT2D eigenvalue weighted by Gasteiger charge is -2.35. The summed E-state index contributed by atoms with van der Waals surface area (Å²) in [5.41, 5.74) is 7.31. The predicted molar refractivity (Wildman–Crippen MR) is 120 cm³/mol. The van der Waals surface area contributed by atoms with E-state index in [1.807, 2.05) is 6.07 Å². The normalized spacial score (nSPS) is 19.0. The van der Waals surface area contributed by atoms with Crippen molar-refractivity contribution in [3.8, 4) is 0 Å². The number of guanidine groups is 1. The Kier molecular flexibility index (Phi) is 10.5. The number of nitrogens with two attached hydrogens (primary N) is 1. The fourth-order valence-electron chi connectivity index (χ4n) is 3.32. The zero-order chi connectivity index (χ0) is 18.1. The summed E-state index contributed by atoms with van der Waals surface area (Å²) in [5.74, 6) is 0.510. The van der Waals surface area contributed by atoms with E-state index < -0.39 is 0 Å². The molecule has 6 heteroatoms. The van der Waals surface area contributed by atoms with Gasteiger partial charge in [-0.2, -0.15) is 0 Å². The van der Waals surface area contributed by atoms with Gasteiger partial charge in [0.1, 0.15) is 0 Å². The summed E-state index contributed by atoms with van der Waals surface area (Å²) in [7, 11) is 0. The van der Waals surface area contributed by atoms with Crippen molar-refractivity contribution in [1.29, 1.82) is 0 Å². The third-order valence-corrected chi connectivity index (χ3v) is 5.26. The molecule has 2 unspecified atom stereocenters. The molecule has 1 saturated heterocycles. The van der Waals surface area contributed by atoms with Gasteiger partial charge in [-0.1, -0.05) is 44.2 Å². The Morgan fingerprint density at radius 3 is 2.58 bits per heavy atom. The van der Waals surface area contributed by atoms with E-state index >= 15 is 0 Å². The highest BCUT2D eigenvalue weighted by atomic mass is 127. The molecule has 5 nitrogen and oxygen atoms in total. The standard InChI is InChI=1S/C20H34N4O.HI/c1-4-20(5-2,24-16(3)17-10-7-6-8-11-17)15-23-19(21)22-14-18-12-9-13-25-18;/h6-8,10-11,16,18,24H,4-5,9,12-15H2,1-3H3,(H3,21,22,23);1H. The van der Waals surface area contributed by atoms with Crippen LogP contribution in [0.5, 0.6) is 0 Å². The summed E-state index contributed by atoms with van der Waals surface area (Å²) < 4.78 is 5.61. The van der Waals surface area contributed by atoms with Crippen LogP contribution < -0.4 is 16.4 Å². The monoisotopic (exact) mass is 474 g/mol. The number of benzene rings is 1. The highest BCUT2D eigenvalue weighted by Gasteiger charge is 2.28. The summed E-state index contributed by atoms with van der Waals surface area (Å²) >= 11 is 0. The molecule has 0 saturated carbocycles. The molecule has 1 aromatic rings. The molecular weight excluding hydrogens is 439 g/mol. The first-order valence-corrected chi connectivity index (χ1v) is 9.56. The maximum Gasteiger partial charge on any atom is 0.188 e. The Morgan fingerprint density at radius 1 is 1.31 bits per heavy atom. The van der Waals surface area contributed by atoms with Gasteiger partial charge in [-0.05, 0) is 38.2 Å². The SMILES string of the molecule is CCC(CC)(CN=C(N)NCC1CCCO1)NC(C)c1ccccc1.I. The number of aliphatic imine (C=N–C) groups is 1. The van der Waals surface area contributed by atoms with Crippen molar-refractivity contribution >= 4 is 29.9 Å². The molecule has 0 aliphatic carbocycles. The van der Waals surface area contributed by atoms with Crippen molar-refractivity contribution in [1.82, 2.24) is 10.6 Å². The average molecular weight is 474 g/mol.